The minimum absolute atomic E-state index is 0.0430. The monoisotopic (exact) mass is 345 g/mol. The second kappa shape index (κ2) is 7.88. The van der Waals surface area contributed by atoms with Crippen LogP contribution in [0.5, 0.6) is 0 Å². The number of hydrogen-bond donors (Lipinski definition) is 0. The van der Waals surface area contributed by atoms with Gasteiger partial charge in [-0.15, -0.1) is 0 Å². The average Bonchev–Trinajstić information content (AvgIpc) is 3.14. The molecule has 0 spiro atoms. The molecule has 0 N–H and O–H groups in total. The minimum atomic E-state index is -0.0430. The number of nitrogens with zero attached hydrogens (tertiary/aromatic N) is 1. The summed E-state index contributed by atoms with van der Waals surface area (Å²) in [6.07, 6.45) is 3.33. The molecule has 25 heavy (non-hydrogen) atoms. The predicted octanol–water partition coefficient (Wildman–Crippen LogP) is 3.53. The van der Waals surface area contributed by atoms with Crippen molar-refractivity contribution >= 4 is 5.91 Å². The number of amides is 1. The van der Waals surface area contributed by atoms with E-state index in [9.17, 15) is 4.79 Å². The Morgan fingerprint density at radius 1 is 1.08 bits per heavy atom. The van der Waals surface area contributed by atoms with E-state index in [1.165, 1.54) is 11.1 Å². The van der Waals surface area contributed by atoms with Crippen LogP contribution in [-0.2, 0) is 26.1 Å². The molecule has 0 radical (unpaired) electrons. The Bertz CT molecular complexity index is 562. The highest BCUT2D eigenvalue weighted by atomic mass is 16.7. The zero-order valence-corrected chi connectivity index (χ0v) is 15.8. The number of hydrogen-bond acceptors (Lipinski definition) is 3. The summed E-state index contributed by atoms with van der Waals surface area (Å²) in [5.74, 6) is 0.711. The summed E-state index contributed by atoms with van der Waals surface area (Å²) in [6.45, 7) is 9.73. The number of rotatable bonds is 4. The van der Waals surface area contributed by atoms with Crippen LogP contribution in [0.2, 0.25) is 0 Å². The van der Waals surface area contributed by atoms with E-state index in [-0.39, 0.29) is 17.6 Å². The van der Waals surface area contributed by atoms with Crippen molar-refractivity contribution in [2.75, 3.05) is 26.3 Å². The fourth-order valence-electron chi connectivity index (χ4n) is 3.65. The second-order valence-electron chi connectivity index (χ2n) is 8.28. The molecule has 1 amide bonds. The largest absolute Gasteiger partial charge is 0.350 e. The molecule has 4 nitrogen and oxygen atoms in total. The van der Waals surface area contributed by atoms with Gasteiger partial charge in [0.1, 0.15) is 0 Å². The van der Waals surface area contributed by atoms with Gasteiger partial charge < -0.3 is 14.4 Å². The number of piperidine rings is 1. The highest BCUT2D eigenvalue weighted by Gasteiger charge is 2.31. The molecule has 1 aromatic carbocycles. The Morgan fingerprint density at radius 2 is 1.68 bits per heavy atom. The van der Waals surface area contributed by atoms with Crippen molar-refractivity contribution in [2.45, 2.75) is 58.2 Å². The highest BCUT2D eigenvalue weighted by Crippen LogP contribution is 2.26. The van der Waals surface area contributed by atoms with Crippen LogP contribution in [0.15, 0.2) is 24.3 Å². The Labute approximate surface area is 151 Å². The van der Waals surface area contributed by atoms with Crippen LogP contribution in [-0.4, -0.2) is 43.4 Å². The van der Waals surface area contributed by atoms with Gasteiger partial charge in [0.25, 0.3) is 0 Å². The average molecular weight is 345 g/mol. The van der Waals surface area contributed by atoms with E-state index in [1.54, 1.807) is 0 Å². The predicted molar refractivity (Wildman–Crippen MR) is 98.5 cm³/mol. The lowest BCUT2D eigenvalue weighted by Crippen LogP contribution is -2.41. The van der Waals surface area contributed by atoms with Crippen LogP contribution >= 0.6 is 0 Å². The van der Waals surface area contributed by atoms with Crippen LogP contribution in [0.4, 0.5) is 0 Å². The molecule has 3 rings (SSSR count). The maximum absolute atomic E-state index is 12.5. The Hall–Kier alpha value is -1.39. The van der Waals surface area contributed by atoms with Crippen molar-refractivity contribution in [3.8, 4) is 0 Å². The zero-order valence-electron chi connectivity index (χ0n) is 15.8. The quantitative estimate of drug-likeness (QED) is 0.838. The lowest BCUT2D eigenvalue weighted by Gasteiger charge is -2.34. The maximum Gasteiger partial charge on any atom is 0.222 e. The molecule has 2 saturated heterocycles. The molecule has 2 fully saturated rings. The van der Waals surface area contributed by atoms with Crippen molar-refractivity contribution < 1.29 is 14.3 Å². The first-order valence-electron chi connectivity index (χ1n) is 9.54. The Morgan fingerprint density at radius 3 is 2.24 bits per heavy atom. The summed E-state index contributed by atoms with van der Waals surface area (Å²) >= 11 is 0. The van der Waals surface area contributed by atoms with E-state index in [0.717, 1.165) is 32.4 Å². The third kappa shape index (κ3) is 4.83. The van der Waals surface area contributed by atoms with Crippen LogP contribution in [0.3, 0.4) is 0 Å². The second-order valence-corrected chi connectivity index (χ2v) is 8.28. The highest BCUT2D eigenvalue weighted by molar-refractivity contribution is 5.76. The van der Waals surface area contributed by atoms with E-state index in [0.29, 0.717) is 25.6 Å². The summed E-state index contributed by atoms with van der Waals surface area (Å²) in [5.41, 5.74) is 2.75. The number of likely N-dealkylation sites (tertiary alicyclic amines) is 1. The van der Waals surface area contributed by atoms with Crippen molar-refractivity contribution in [1.82, 2.24) is 4.90 Å². The van der Waals surface area contributed by atoms with Gasteiger partial charge in [-0.25, -0.2) is 0 Å². The summed E-state index contributed by atoms with van der Waals surface area (Å²) in [6, 6.07) is 8.70. The Balaban J connectivity index is 1.43. The first-order valence-corrected chi connectivity index (χ1v) is 9.54. The summed E-state index contributed by atoms with van der Waals surface area (Å²) in [5, 5.41) is 0. The van der Waals surface area contributed by atoms with Gasteiger partial charge in [-0.2, -0.15) is 0 Å². The smallest absolute Gasteiger partial charge is 0.222 e. The van der Waals surface area contributed by atoms with Crippen LogP contribution in [0, 0.1) is 5.92 Å². The van der Waals surface area contributed by atoms with Gasteiger partial charge in [-0.3, -0.25) is 4.79 Å². The molecule has 0 atom stereocenters. The van der Waals surface area contributed by atoms with Gasteiger partial charge in [0.15, 0.2) is 6.29 Å². The number of carbonyl (C=O) groups excluding carboxylic acids is 1. The summed E-state index contributed by atoms with van der Waals surface area (Å²) < 4.78 is 11.2. The molecule has 0 bridgehead atoms. The van der Waals surface area contributed by atoms with Crippen molar-refractivity contribution in [3.05, 3.63) is 35.4 Å². The number of benzene rings is 1. The van der Waals surface area contributed by atoms with Gasteiger partial charge in [-0.1, -0.05) is 45.0 Å². The fourth-order valence-corrected chi connectivity index (χ4v) is 3.65. The maximum atomic E-state index is 12.5. The first-order chi connectivity index (χ1) is 11.9. The van der Waals surface area contributed by atoms with Crippen molar-refractivity contribution in [1.29, 1.82) is 0 Å². The molecule has 0 unspecified atom stereocenters. The van der Waals surface area contributed by atoms with E-state index < -0.39 is 0 Å². The number of carbonyl (C=O) groups is 1. The van der Waals surface area contributed by atoms with Gasteiger partial charge in [0.05, 0.1) is 13.2 Å². The van der Waals surface area contributed by atoms with E-state index >= 15 is 0 Å². The molecule has 2 heterocycles. The van der Waals surface area contributed by atoms with Crippen LogP contribution in [0.1, 0.15) is 51.2 Å². The van der Waals surface area contributed by atoms with Crippen molar-refractivity contribution in [2.24, 2.45) is 5.92 Å². The third-order valence-corrected chi connectivity index (χ3v) is 5.37. The Kier molecular flexibility index (Phi) is 5.80. The van der Waals surface area contributed by atoms with Gasteiger partial charge >= 0.3 is 0 Å². The molecule has 2 aliphatic heterocycles. The molecule has 0 saturated carbocycles. The van der Waals surface area contributed by atoms with E-state index in [4.69, 9.17) is 9.47 Å². The molecular formula is C21H31NO3. The van der Waals surface area contributed by atoms with Crippen molar-refractivity contribution in [3.63, 3.8) is 0 Å². The normalized spacial score (nSPS) is 20.2. The topological polar surface area (TPSA) is 38.8 Å². The van der Waals surface area contributed by atoms with Crippen LogP contribution in [0.25, 0.3) is 0 Å². The fraction of sp³-hybridized carbons (Fsp3) is 0.667. The standard InChI is InChI=1S/C21H31NO3/c1-21(2,3)18-7-4-16(5-8-18)6-9-19(23)22-12-10-17(11-13-22)20-24-14-15-25-20/h4-5,7-8,17,20H,6,9-15H2,1-3H3. The minimum Gasteiger partial charge on any atom is -0.350 e. The SMILES string of the molecule is CC(C)(C)c1ccc(CCC(=O)N2CCC(C3OCCO3)CC2)cc1. The molecular weight excluding hydrogens is 314 g/mol. The number of ether oxygens (including phenoxy) is 2. The number of aryl methyl sites for hydroxylation is 1. The molecule has 2 aliphatic rings. The molecule has 0 aliphatic carbocycles. The lowest BCUT2D eigenvalue weighted by molar-refractivity contribution is -0.136. The van der Waals surface area contributed by atoms with Gasteiger partial charge in [0.2, 0.25) is 5.91 Å². The van der Waals surface area contributed by atoms with Gasteiger partial charge in [0, 0.05) is 25.4 Å². The third-order valence-electron chi connectivity index (χ3n) is 5.37. The molecule has 4 heteroatoms. The van der Waals surface area contributed by atoms with E-state index in [2.05, 4.69) is 45.0 Å². The molecule has 1 aromatic rings. The van der Waals surface area contributed by atoms with E-state index in [1.807, 2.05) is 4.90 Å². The summed E-state index contributed by atoms with van der Waals surface area (Å²) in [4.78, 5) is 14.5. The molecule has 138 valence electrons. The van der Waals surface area contributed by atoms with Gasteiger partial charge in [-0.05, 0) is 35.8 Å². The first kappa shape index (κ1) is 18.4. The molecule has 0 aromatic heterocycles. The zero-order chi connectivity index (χ0) is 17.9. The van der Waals surface area contributed by atoms with Crippen LogP contribution < -0.4 is 0 Å². The lowest BCUT2D eigenvalue weighted by atomic mass is 9.86. The summed E-state index contributed by atoms with van der Waals surface area (Å²) in [7, 11) is 0.